The molecule has 4 nitrogen and oxygen atoms in total. The third-order valence-electron chi connectivity index (χ3n) is 4.09. The second kappa shape index (κ2) is 6.93. The van der Waals surface area contributed by atoms with E-state index in [1.807, 2.05) is 37.3 Å². The fourth-order valence-electron chi connectivity index (χ4n) is 2.79. The van der Waals surface area contributed by atoms with Crippen LogP contribution >= 0.6 is 11.3 Å². The summed E-state index contributed by atoms with van der Waals surface area (Å²) in [5, 5.41) is 0. The van der Waals surface area contributed by atoms with Gasteiger partial charge in [-0.1, -0.05) is 6.92 Å². The lowest BCUT2D eigenvalue weighted by Gasteiger charge is -2.28. The van der Waals surface area contributed by atoms with Crippen molar-refractivity contribution >= 4 is 32.7 Å². The summed E-state index contributed by atoms with van der Waals surface area (Å²) < 4.78 is 27.8. The van der Waals surface area contributed by atoms with Crippen molar-refractivity contribution in [2.45, 2.75) is 36.8 Å². The molecule has 6 heteroatoms. The number of nitrogens with zero attached hydrogens (tertiary/aromatic N) is 1. The quantitative estimate of drug-likeness (QED) is 0.883. The Kier molecular flexibility index (Phi) is 4.92. The largest absolute Gasteiger partial charge is 0.372 e. The third kappa shape index (κ3) is 3.87. The molecule has 1 N–H and O–H groups in total. The number of nitrogens with one attached hydrogen (secondary N) is 1. The molecule has 3 rings (SSSR count). The maximum atomic E-state index is 12.4. The molecule has 23 heavy (non-hydrogen) atoms. The molecule has 1 fully saturated rings. The van der Waals surface area contributed by atoms with E-state index in [1.165, 1.54) is 30.6 Å². The van der Waals surface area contributed by atoms with Crippen LogP contribution in [0.5, 0.6) is 0 Å². The minimum atomic E-state index is -3.49. The molecule has 0 bridgehead atoms. The van der Waals surface area contributed by atoms with Gasteiger partial charge in [-0.2, -0.15) is 0 Å². The van der Waals surface area contributed by atoms with Crippen molar-refractivity contribution in [2.75, 3.05) is 22.7 Å². The molecule has 1 aromatic carbocycles. The van der Waals surface area contributed by atoms with Crippen LogP contribution in [0.1, 0.15) is 31.1 Å². The molecule has 1 aliphatic rings. The Labute approximate surface area is 142 Å². The van der Waals surface area contributed by atoms with E-state index in [9.17, 15) is 8.42 Å². The molecular weight excluding hydrogens is 328 g/mol. The van der Waals surface area contributed by atoms with Crippen LogP contribution in [0.25, 0.3) is 0 Å². The highest BCUT2D eigenvalue weighted by molar-refractivity contribution is 7.94. The van der Waals surface area contributed by atoms with Crippen molar-refractivity contribution in [3.8, 4) is 0 Å². The number of rotatable bonds is 5. The van der Waals surface area contributed by atoms with Crippen molar-refractivity contribution < 1.29 is 8.42 Å². The maximum absolute atomic E-state index is 12.4. The standard InChI is InChI=1S/C17H22N2O2S2/c1-2-16-10-11-17(22-16)23(20,21)18-14-6-8-15(9-7-14)19-12-4-3-5-13-19/h6-11,18H,2-5,12-13H2,1H3. The molecule has 0 amide bonds. The van der Waals surface area contributed by atoms with Gasteiger partial charge in [0.1, 0.15) is 4.21 Å². The molecule has 0 unspecified atom stereocenters. The fourth-order valence-corrected chi connectivity index (χ4v) is 5.14. The summed E-state index contributed by atoms with van der Waals surface area (Å²) in [4.78, 5) is 3.43. The molecule has 1 aromatic heterocycles. The molecule has 0 saturated carbocycles. The second-order valence-electron chi connectivity index (χ2n) is 5.77. The molecule has 0 aliphatic carbocycles. The van der Waals surface area contributed by atoms with E-state index in [4.69, 9.17) is 0 Å². The number of anilines is 2. The summed E-state index contributed by atoms with van der Waals surface area (Å²) in [6.07, 6.45) is 4.61. The fraction of sp³-hybridized carbons (Fsp3) is 0.412. The minimum absolute atomic E-state index is 0.370. The van der Waals surface area contributed by atoms with Crippen molar-refractivity contribution in [1.29, 1.82) is 0 Å². The van der Waals surface area contributed by atoms with E-state index in [-0.39, 0.29) is 0 Å². The van der Waals surface area contributed by atoms with E-state index in [1.54, 1.807) is 6.07 Å². The number of thiophene rings is 1. The summed E-state index contributed by atoms with van der Waals surface area (Å²) in [5.41, 5.74) is 1.77. The van der Waals surface area contributed by atoms with Gasteiger partial charge in [0.25, 0.3) is 10.0 Å². The Morgan fingerprint density at radius 2 is 1.74 bits per heavy atom. The Hall–Kier alpha value is -1.53. The van der Waals surface area contributed by atoms with Gasteiger partial charge in [0.15, 0.2) is 0 Å². The minimum Gasteiger partial charge on any atom is -0.372 e. The number of piperidine rings is 1. The van der Waals surface area contributed by atoms with E-state index >= 15 is 0 Å². The number of hydrogen-bond acceptors (Lipinski definition) is 4. The Morgan fingerprint density at radius 1 is 1.04 bits per heavy atom. The van der Waals surface area contributed by atoms with Gasteiger partial charge in [0.05, 0.1) is 0 Å². The molecule has 0 atom stereocenters. The van der Waals surface area contributed by atoms with Crippen molar-refractivity contribution in [2.24, 2.45) is 0 Å². The molecule has 1 aliphatic heterocycles. The average molecular weight is 351 g/mol. The average Bonchev–Trinajstić information content (AvgIpc) is 3.06. The van der Waals surface area contributed by atoms with Crippen LogP contribution in [0.15, 0.2) is 40.6 Å². The monoisotopic (exact) mass is 350 g/mol. The lowest BCUT2D eigenvalue weighted by atomic mass is 10.1. The predicted octanol–water partition coefficient (Wildman–Crippen LogP) is 4.10. The molecule has 2 heterocycles. The Bertz CT molecular complexity index is 745. The van der Waals surface area contributed by atoms with Gasteiger partial charge in [-0.25, -0.2) is 8.42 Å². The normalized spacial score (nSPS) is 15.6. The van der Waals surface area contributed by atoms with Gasteiger partial charge in [-0.15, -0.1) is 11.3 Å². The van der Waals surface area contributed by atoms with Crippen LogP contribution in [-0.2, 0) is 16.4 Å². The van der Waals surface area contributed by atoms with Gasteiger partial charge in [-0.05, 0) is 62.1 Å². The van der Waals surface area contributed by atoms with Crippen LogP contribution in [-0.4, -0.2) is 21.5 Å². The van der Waals surface area contributed by atoms with E-state index in [0.29, 0.717) is 9.90 Å². The molecule has 0 radical (unpaired) electrons. The molecule has 2 aromatic rings. The predicted molar refractivity (Wildman–Crippen MR) is 97.0 cm³/mol. The van der Waals surface area contributed by atoms with E-state index in [2.05, 4.69) is 9.62 Å². The first-order valence-electron chi connectivity index (χ1n) is 8.05. The first kappa shape index (κ1) is 16.3. The van der Waals surface area contributed by atoms with Gasteiger partial charge in [-0.3, -0.25) is 4.72 Å². The van der Waals surface area contributed by atoms with Crippen LogP contribution in [0.4, 0.5) is 11.4 Å². The van der Waals surface area contributed by atoms with Crippen LogP contribution in [0, 0.1) is 0 Å². The lowest BCUT2D eigenvalue weighted by Crippen LogP contribution is -2.29. The van der Waals surface area contributed by atoms with Gasteiger partial charge >= 0.3 is 0 Å². The van der Waals surface area contributed by atoms with Crippen molar-refractivity contribution in [1.82, 2.24) is 0 Å². The zero-order valence-electron chi connectivity index (χ0n) is 13.3. The number of sulfonamides is 1. The maximum Gasteiger partial charge on any atom is 0.271 e. The van der Waals surface area contributed by atoms with Crippen LogP contribution < -0.4 is 9.62 Å². The zero-order chi connectivity index (χ0) is 16.3. The highest BCUT2D eigenvalue weighted by Crippen LogP contribution is 2.26. The second-order valence-corrected chi connectivity index (χ2v) is 8.85. The summed E-state index contributed by atoms with van der Waals surface area (Å²) in [5.74, 6) is 0. The van der Waals surface area contributed by atoms with Gasteiger partial charge in [0.2, 0.25) is 0 Å². The number of aryl methyl sites for hydroxylation is 1. The van der Waals surface area contributed by atoms with Crippen LogP contribution in [0.3, 0.4) is 0 Å². The highest BCUT2D eigenvalue weighted by Gasteiger charge is 2.17. The third-order valence-corrected chi connectivity index (χ3v) is 7.19. The number of benzene rings is 1. The summed E-state index contributed by atoms with van der Waals surface area (Å²) in [6.45, 7) is 4.19. The summed E-state index contributed by atoms with van der Waals surface area (Å²) in [7, 11) is -3.49. The smallest absolute Gasteiger partial charge is 0.271 e. The SMILES string of the molecule is CCc1ccc(S(=O)(=O)Nc2ccc(N3CCCCC3)cc2)s1. The topological polar surface area (TPSA) is 49.4 Å². The number of hydrogen-bond donors (Lipinski definition) is 1. The van der Waals surface area contributed by atoms with Gasteiger partial charge in [0, 0.05) is 29.3 Å². The van der Waals surface area contributed by atoms with Crippen molar-refractivity contribution in [3.05, 3.63) is 41.3 Å². The van der Waals surface area contributed by atoms with E-state index < -0.39 is 10.0 Å². The van der Waals surface area contributed by atoms with Crippen molar-refractivity contribution in [3.63, 3.8) is 0 Å². The first-order valence-corrected chi connectivity index (χ1v) is 10.3. The molecule has 0 spiro atoms. The lowest BCUT2D eigenvalue weighted by molar-refractivity contribution is 0.578. The Balaban J connectivity index is 1.72. The first-order chi connectivity index (χ1) is 11.1. The highest BCUT2D eigenvalue weighted by atomic mass is 32.2. The summed E-state index contributed by atoms with van der Waals surface area (Å²) >= 11 is 1.33. The van der Waals surface area contributed by atoms with E-state index in [0.717, 1.165) is 30.1 Å². The molecule has 1 saturated heterocycles. The summed E-state index contributed by atoms with van der Waals surface area (Å²) in [6, 6.07) is 11.2. The van der Waals surface area contributed by atoms with Crippen LogP contribution in [0.2, 0.25) is 0 Å². The molecule has 124 valence electrons. The van der Waals surface area contributed by atoms with Gasteiger partial charge < -0.3 is 4.90 Å². The zero-order valence-corrected chi connectivity index (χ0v) is 14.9. The molecular formula is C17H22N2O2S2. The Morgan fingerprint density at radius 3 is 2.35 bits per heavy atom.